The first-order valence-electron chi connectivity index (χ1n) is 7.79. The van der Waals surface area contributed by atoms with Gasteiger partial charge < -0.3 is 24.6 Å². The fraction of sp³-hybridized carbons (Fsp3) is 0.529. The van der Waals surface area contributed by atoms with Crippen LogP contribution in [0.25, 0.3) is 0 Å². The fourth-order valence-corrected chi connectivity index (χ4v) is 3.00. The summed E-state index contributed by atoms with van der Waals surface area (Å²) in [6, 6.07) is 3.46. The average molecular weight is 337 g/mol. The van der Waals surface area contributed by atoms with Crippen LogP contribution < -0.4 is 19.5 Å². The summed E-state index contributed by atoms with van der Waals surface area (Å²) < 4.78 is 15.8. The molecule has 24 heavy (non-hydrogen) atoms. The maximum Gasteiger partial charge on any atom is 0.306 e. The lowest BCUT2D eigenvalue weighted by Crippen LogP contribution is -2.29. The van der Waals surface area contributed by atoms with Crippen LogP contribution >= 0.6 is 0 Å². The van der Waals surface area contributed by atoms with Crippen molar-refractivity contribution in [1.29, 1.82) is 0 Å². The molecule has 0 aromatic heterocycles. The number of rotatable bonds is 7. The van der Waals surface area contributed by atoms with E-state index in [-0.39, 0.29) is 18.4 Å². The Kier molecular flexibility index (Phi) is 5.89. The highest BCUT2D eigenvalue weighted by molar-refractivity contribution is 5.80. The number of methoxy groups -OCH3 is 3. The molecule has 0 bridgehead atoms. The van der Waals surface area contributed by atoms with Crippen LogP contribution in [0.4, 0.5) is 0 Å². The van der Waals surface area contributed by atoms with Crippen molar-refractivity contribution in [1.82, 2.24) is 5.32 Å². The number of hydrogen-bond acceptors (Lipinski definition) is 5. The zero-order valence-corrected chi connectivity index (χ0v) is 14.1. The van der Waals surface area contributed by atoms with Gasteiger partial charge in [-0.25, -0.2) is 0 Å². The van der Waals surface area contributed by atoms with Gasteiger partial charge in [0.1, 0.15) is 5.75 Å². The van der Waals surface area contributed by atoms with E-state index in [0.29, 0.717) is 36.5 Å². The molecule has 0 unspecified atom stereocenters. The van der Waals surface area contributed by atoms with E-state index >= 15 is 0 Å². The van der Waals surface area contributed by atoms with E-state index in [2.05, 4.69) is 5.32 Å². The van der Waals surface area contributed by atoms with Gasteiger partial charge in [-0.2, -0.15) is 0 Å². The van der Waals surface area contributed by atoms with Gasteiger partial charge in [0.2, 0.25) is 5.91 Å². The molecule has 0 radical (unpaired) electrons. The van der Waals surface area contributed by atoms with Crippen molar-refractivity contribution >= 4 is 11.9 Å². The smallest absolute Gasteiger partial charge is 0.306 e. The minimum absolute atomic E-state index is 0.129. The molecule has 1 fully saturated rings. The zero-order valence-electron chi connectivity index (χ0n) is 14.1. The summed E-state index contributed by atoms with van der Waals surface area (Å²) in [4.78, 5) is 23.3. The zero-order chi connectivity index (χ0) is 17.7. The van der Waals surface area contributed by atoms with Crippen molar-refractivity contribution in [3.63, 3.8) is 0 Å². The van der Waals surface area contributed by atoms with Gasteiger partial charge in [0.25, 0.3) is 0 Å². The van der Waals surface area contributed by atoms with Gasteiger partial charge >= 0.3 is 5.97 Å². The number of carboxylic acid groups (broad SMARTS) is 1. The molecule has 2 N–H and O–H groups in total. The van der Waals surface area contributed by atoms with Gasteiger partial charge in [-0.05, 0) is 25.3 Å². The van der Waals surface area contributed by atoms with Crippen molar-refractivity contribution in [3.05, 3.63) is 17.7 Å². The summed E-state index contributed by atoms with van der Waals surface area (Å²) >= 11 is 0. The van der Waals surface area contributed by atoms with E-state index < -0.39 is 11.9 Å². The summed E-state index contributed by atoms with van der Waals surface area (Å²) in [5, 5.41) is 11.9. The number of ether oxygens (including phenoxy) is 3. The van der Waals surface area contributed by atoms with Crippen LogP contribution in [0.5, 0.6) is 17.2 Å². The Morgan fingerprint density at radius 1 is 1.04 bits per heavy atom. The minimum atomic E-state index is -0.827. The van der Waals surface area contributed by atoms with E-state index in [1.54, 1.807) is 19.2 Å². The van der Waals surface area contributed by atoms with Crippen molar-refractivity contribution in [2.45, 2.75) is 25.8 Å². The highest BCUT2D eigenvalue weighted by atomic mass is 16.5. The Morgan fingerprint density at radius 3 is 2.17 bits per heavy atom. The minimum Gasteiger partial charge on any atom is -0.496 e. The molecule has 1 amide bonds. The first-order valence-corrected chi connectivity index (χ1v) is 7.79. The molecule has 0 saturated heterocycles. The molecule has 1 saturated carbocycles. The maximum absolute atomic E-state index is 12.3. The van der Waals surface area contributed by atoms with E-state index in [1.165, 1.54) is 14.2 Å². The molecular weight excluding hydrogens is 314 g/mol. The van der Waals surface area contributed by atoms with Crippen molar-refractivity contribution in [3.8, 4) is 17.2 Å². The summed E-state index contributed by atoms with van der Waals surface area (Å²) in [6.45, 7) is 0.274. The molecule has 0 spiro atoms. The van der Waals surface area contributed by atoms with Crippen LogP contribution in [0.15, 0.2) is 12.1 Å². The highest BCUT2D eigenvalue weighted by Crippen LogP contribution is 2.35. The van der Waals surface area contributed by atoms with Gasteiger partial charge in [-0.1, -0.05) is 0 Å². The monoisotopic (exact) mass is 337 g/mol. The highest BCUT2D eigenvalue weighted by Gasteiger charge is 2.33. The molecule has 1 aromatic carbocycles. The standard InChI is InChI=1S/C17H23NO6/c1-22-13-8-15(24-3)14(23-2)7-12(13)9-18-16(19)10-4-5-11(6-10)17(20)21/h7-8,10-11H,4-6,9H2,1-3H3,(H,18,19)(H,20,21)/t10-,11+/m1/s1. The summed E-state index contributed by atoms with van der Waals surface area (Å²) in [5.74, 6) is 0.0534. The fourth-order valence-electron chi connectivity index (χ4n) is 3.00. The predicted octanol–water partition coefficient (Wildman–Crippen LogP) is 1.83. The number of carbonyl (C=O) groups is 2. The van der Waals surface area contributed by atoms with Crippen LogP contribution in [-0.2, 0) is 16.1 Å². The Morgan fingerprint density at radius 2 is 1.62 bits per heavy atom. The molecule has 1 aliphatic carbocycles. The third-order valence-electron chi connectivity index (χ3n) is 4.39. The first-order chi connectivity index (χ1) is 11.5. The topological polar surface area (TPSA) is 94.1 Å². The van der Waals surface area contributed by atoms with Crippen LogP contribution in [0, 0.1) is 11.8 Å². The lowest BCUT2D eigenvalue weighted by Gasteiger charge is -2.16. The Hall–Kier alpha value is -2.44. The number of hydrogen-bond donors (Lipinski definition) is 2. The van der Waals surface area contributed by atoms with Crippen molar-refractivity contribution in [2.24, 2.45) is 11.8 Å². The summed E-state index contributed by atoms with van der Waals surface area (Å²) in [7, 11) is 4.62. The van der Waals surface area contributed by atoms with Gasteiger partial charge in [0, 0.05) is 24.1 Å². The number of aliphatic carboxylic acids is 1. The Balaban J connectivity index is 2.03. The van der Waals surface area contributed by atoms with E-state index in [1.807, 2.05) is 0 Å². The SMILES string of the molecule is COc1cc(OC)c(OC)cc1CNC(=O)[C@@H]1CC[C@H](C(=O)O)C1. The molecule has 1 aliphatic rings. The van der Waals surface area contributed by atoms with Gasteiger partial charge in [0.05, 0.1) is 27.2 Å². The normalized spacial score (nSPS) is 19.6. The Bertz CT molecular complexity index is 615. The van der Waals surface area contributed by atoms with Crippen LogP contribution in [0.2, 0.25) is 0 Å². The number of carbonyl (C=O) groups excluding carboxylic acids is 1. The maximum atomic E-state index is 12.3. The number of benzene rings is 1. The van der Waals surface area contributed by atoms with Crippen LogP contribution in [0.3, 0.4) is 0 Å². The quantitative estimate of drug-likeness (QED) is 0.788. The lowest BCUT2D eigenvalue weighted by molar-refractivity contribution is -0.141. The molecule has 2 atom stereocenters. The second-order valence-electron chi connectivity index (χ2n) is 5.78. The number of carboxylic acids is 1. The van der Waals surface area contributed by atoms with E-state index in [9.17, 15) is 9.59 Å². The summed E-state index contributed by atoms with van der Waals surface area (Å²) in [5.41, 5.74) is 0.760. The second kappa shape index (κ2) is 7.90. The molecular formula is C17H23NO6. The van der Waals surface area contributed by atoms with Gasteiger partial charge in [0.15, 0.2) is 11.5 Å². The molecule has 0 heterocycles. The third kappa shape index (κ3) is 3.90. The van der Waals surface area contributed by atoms with Gasteiger partial charge in [-0.3, -0.25) is 9.59 Å². The second-order valence-corrected chi connectivity index (χ2v) is 5.78. The first kappa shape index (κ1) is 17.9. The van der Waals surface area contributed by atoms with E-state index in [4.69, 9.17) is 19.3 Å². The van der Waals surface area contributed by atoms with E-state index in [0.717, 1.165) is 5.56 Å². The van der Waals surface area contributed by atoms with Crippen LogP contribution in [-0.4, -0.2) is 38.3 Å². The van der Waals surface area contributed by atoms with Crippen molar-refractivity contribution in [2.75, 3.05) is 21.3 Å². The van der Waals surface area contributed by atoms with Gasteiger partial charge in [-0.15, -0.1) is 0 Å². The predicted molar refractivity (Wildman–Crippen MR) is 86.4 cm³/mol. The lowest BCUT2D eigenvalue weighted by atomic mass is 10.0. The third-order valence-corrected chi connectivity index (χ3v) is 4.39. The van der Waals surface area contributed by atoms with Crippen molar-refractivity contribution < 1.29 is 28.9 Å². The molecule has 7 heteroatoms. The number of amides is 1. The number of nitrogens with one attached hydrogen (secondary N) is 1. The molecule has 7 nitrogen and oxygen atoms in total. The molecule has 132 valence electrons. The van der Waals surface area contributed by atoms with Crippen LogP contribution in [0.1, 0.15) is 24.8 Å². The Labute approximate surface area is 140 Å². The average Bonchev–Trinajstić information content (AvgIpc) is 3.09. The molecule has 1 aromatic rings. The molecule has 0 aliphatic heterocycles. The largest absolute Gasteiger partial charge is 0.496 e. The molecule has 2 rings (SSSR count). The summed E-state index contributed by atoms with van der Waals surface area (Å²) in [6.07, 6.45) is 1.54.